The molecule has 1 saturated carbocycles. The van der Waals surface area contributed by atoms with Crippen molar-refractivity contribution in [2.45, 2.75) is 44.0 Å². The first kappa shape index (κ1) is 14.3. The van der Waals surface area contributed by atoms with E-state index in [1.165, 1.54) is 5.56 Å². The van der Waals surface area contributed by atoms with E-state index in [0.29, 0.717) is 19.3 Å². The lowest BCUT2D eigenvalue weighted by Gasteiger charge is -2.10. The predicted molar refractivity (Wildman–Crippen MR) is 74.6 cm³/mol. The van der Waals surface area contributed by atoms with Crippen molar-refractivity contribution in [2.24, 2.45) is 5.92 Å². The summed E-state index contributed by atoms with van der Waals surface area (Å²) in [6.45, 7) is 0. The second-order valence-electron chi connectivity index (χ2n) is 5.33. The topological polar surface area (TPSA) is 60.7 Å². The number of hydrogen-bond donors (Lipinski definition) is 3. The lowest BCUT2D eigenvalue weighted by Crippen LogP contribution is -2.12. The maximum absolute atomic E-state index is 9.89. The Kier molecular flexibility index (Phi) is 5.14. The van der Waals surface area contributed by atoms with E-state index in [2.05, 4.69) is 0 Å². The number of rotatable bonds is 5. The molecule has 19 heavy (non-hydrogen) atoms. The van der Waals surface area contributed by atoms with Crippen molar-refractivity contribution in [3.63, 3.8) is 0 Å². The van der Waals surface area contributed by atoms with E-state index in [4.69, 9.17) is 0 Å². The Morgan fingerprint density at radius 1 is 1.16 bits per heavy atom. The number of aliphatic hydroxyl groups is 3. The van der Waals surface area contributed by atoms with Crippen molar-refractivity contribution in [1.82, 2.24) is 0 Å². The molecule has 3 N–H and O–H groups in total. The first-order valence-electron chi connectivity index (χ1n) is 6.91. The molecule has 4 atom stereocenters. The van der Waals surface area contributed by atoms with Crippen LogP contribution in [0.15, 0.2) is 42.5 Å². The second kappa shape index (κ2) is 6.85. The van der Waals surface area contributed by atoms with Crippen molar-refractivity contribution in [3.05, 3.63) is 48.0 Å². The van der Waals surface area contributed by atoms with Gasteiger partial charge in [-0.15, -0.1) is 0 Å². The molecule has 0 aromatic heterocycles. The zero-order valence-electron chi connectivity index (χ0n) is 11.0. The SMILES string of the molecule is O[C@H]1C[C@@H](O)[C@H](/C=C/[C@@H](O)CCc2ccccc2)C1. The monoisotopic (exact) mass is 262 g/mol. The summed E-state index contributed by atoms with van der Waals surface area (Å²) in [7, 11) is 0. The summed E-state index contributed by atoms with van der Waals surface area (Å²) in [6.07, 6.45) is 4.74. The first-order chi connectivity index (χ1) is 9.15. The molecule has 1 aromatic rings. The lowest BCUT2D eigenvalue weighted by molar-refractivity contribution is 0.128. The maximum Gasteiger partial charge on any atom is 0.0724 e. The summed E-state index contributed by atoms with van der Waals surface area (Å²) in [5.41, 5.74) is 1.21. The van der Waals surface area contributed by atoms with Gasteiger partial charge in [-0.3, -0.25) is 0 Å². The number of aliphatic hydroxyl groups excluding tert-OH is 3. The van der Waals surface area contributed by atoms with Crippen molar-refractivity contribution in [3.8, 4) is 0 Å². The molecule has 1 fully saturated rings. The molecule has 0 spiro atoms. The van der Waals surface area contributed by atoms with Crippen molar-refractivity contribution < 1.29 is 15.3 Å². The summed E-state index contributed by atoms with van der Waals surface area (Å²) in [4.78, 5) is 0. The van der Waals surface area contributed by atoms with Crippen LogP contribution in [0, 0.1) is 5.92 Å². The minimum atomic E-state index is -0.495. The van der Waals surface area contributed by atoms with E-state index in [9.17, 15) is 15.3 Å². The standard InChI is InChI=1S/C16H22O3/c17-14(8-6-12-4-2-1-3-5-12)9-7-13-10-15(18)11-16(13)19/h1-5,7,9,13-19H,6,8,10-11H2/b9-7+/t13-,14+,15-,16-/m1/s1. The Morgan fingerprint density at radius 2 is 1.89 bits per heavy atom. The van der Waals surface area contributed by atoms with Crippen LogP contribution in [0.4, 0.5) is 0 Å². The minimum Gasteiger partial charge on any atom is -0.393 e. The van der Waals surface area contributed by atoms with E-state index in [0.717, 1.165) is 6.42 Å². The fraction of sp³-hybridized carbons (Fsp3) is 0.500. The van der Waals surface area contributed by atoms with E-state index < -0.39 is 18.3 Å². The van der Waals surface area contributed by atoms with Crippen LogP contribution in [0.1, 0.15) is 24.8 Å². The van der Waals surface area contributed by atoms with Gasteiger partial charge in [0.25, 0.3) is 0 Å². The largest absolute Gasteiger partial charge is 0.393 e. The van der Waals surface area contributed by atoms with Gasteiger partial charge in [0.2, 0.25) is 0 Å². The van der Waals surface area contributed by atoms with E-state index >= 15 is 0 Å². The average molecular weight is 262 g/mol. The van der Waals surface area contributed by atoms with Crippen LogP contribution >= 0.6 is 0 Å². The van der Waals surface area contributed by atoms with Crippen molar-refractivity contribution >= 4 is 0 Å². The quantitative estimate of drug-likeness (QED) is 0.707. The zero-order valence-corrected chi connectivity index (χ0v) is 11.0. The zero-order chi connectivity index (χ0) is 13.7. The van der Waals surface area contributed by atoms with Crippen LogP contribution in [0.5, 0.6) is 0 Å². The third-order valence-corrected chi connectivity index (χ3v) is 3.70. The first-order valence-corrected chi connectivity index (χ1v) is 6.91. The molecule has 1 aliphatic carbocycles. The minimum absolute atomic E-state index is 0.0265. The molecule has 1 aliphatic rings. The summed E-state index contributed by atoms with van der Waals surface area (Å²) >= 11 is 0. The van der Waals surface area contributed by atoms with Crippen molar-refractivity contribution in [2.75, 3.05) is 0 Å². The third-order valence-electron chi connectivity index (χ3n) is 3.70. The molecule has 104 valence electrons. The predicted octanol–water partition coefficient (Wildman–Crippen LogP) is 1.67. The molecule has 0 amide bonds. The highest BCUT2D eigenvalue weighted by Crippen LogP contribution is 2.27. The molecule has 0 bridgehead atoms. The summed E-state index contributed by atoms with van der Waals surface area (Å²) in [5, 5.41) is 29.0. The molecule has 3 heteroatoms. The number of benzene rings is 1. The summed E-state index contributed by atoms with van der Waals surface area (Å²) < 4.78 is 0. The van der Waals surface area contributed by atoms with Crippen LogP contribution in [0.25, 0.3) is 0 Å². The Bertz CT molecular complexity index is 402. The third kappa shape index (κ3) is 4.46. The van der Waals surface area contributed by atoms with E-state index in [1.807, 2.05) is 36.4 Å². The van der Waals surface area contributed by atoms with Gasteiger partial charge in [0.15, 0.2) is 0 Å². The number of hydrogen-bond acceptors (Lipinski definition) is 3. The van der Waals surface area contributed by atoms with E-state index in [-0.39, 0.29) is 5.92 Å². The molecule has 0 aliphatic heterocycles. The Balaban J connectivity index is 1.76. The van der Waals surface area contributed by atoms with Gasteiger partial charge in [0, 0.05) is 5.92 Å². The normalized spacial score (nSPS) is 28.9. The highest BCUT2D eigenvalue weighted by molar-refractivity contribution is 5.15. The van der Waals surface area contributed by atoms with Gasteiger partial charge in [-0.2, -0.15) is 0 Å². The molecule has 0 radical (unpaired) electrons. The highest BCUT2D eigenvalue weighted by Gasteiger charge is 2.29. The molecule has 0 heterocycles. The average Bonchev–Trinajstić information content (AvgIpc) is 2.73. The smallest absolute Gasteiger partial charge is 0.0724 e. The molecule has 0 saturated heterocycles. The van der Waals surface area contributed by atoms with Crippen LogP contribution in [0.2, 0.25) is 0 Å². The van der Waals surface area contributed by atoms with Crippen LogP contribution in [0.3, 0.4) is 0 Å². The molecular formula is C16H22O3. The molecule has 3 nitrogen and oxygen atoms in total. The Morgan fingerprint density at radius 3 is 2.53 bits per heavy atom. The molecular weight excluding hydrogens is 240 g/mol. The van der Waals surface area contributed by atoms with Gasteiger partial charge in [-0.05, 0) is 31.2 Å². The summed E-state index contributed by atoms with van der Waals surface area (Å²) in [5.74, 6) is -0.0265. The Hall–Kier alpha value is -1.16. The number of aryl methyl sites for hydroxylation is 1. The van der Waals surface area contributed by atoms with Gasteiger partial charge < -0.3 is 15.3 Å². The van der Waals surface area contributed by atoms with Gasteiger partial charge in [0.05, 0.1) is 18.3 Å². The fourth-order valence-electron chi connectivity index (χ4n) is 2.55. The van der Waals surface area contributed by atoms with Crippen LogP contribution in [-0.4, -0.2) is 33.6 Å². The fourth-order valence-corrected chi connectivity index (χ4v) is 2.55. The Labute approximate surface area is 114 Å². The van der Waals surface area contributed by atoms with E-state index in [1.54, 1.807) is 6.08 Å². The van der Waals surface area contributed by atoms with Gasteiger partial charge >= 0.3 is 0 Å². The lowest BCUT2D eigenvalue weighted by atomic mass is 10.0. The second-order valence-corrected chi connectivity index (χ2v) is 5.33. The molecule has 1 aromatic carbocycles. The van der Waals surface area contributed by atoms with Crippen LogP contribution in [-0.2, 0) is 6.42 Å². The van der Waals surface area contributed by atoms with Gasteiger partial charge in [-0.1, -0.05) is 42.5 Å². The molecule has 2 rings (SSSR count). The van der Waals surface area contributed by atoms with Gasteiger partial charge in [0.1, 0.15) is 0 Å². The maximum atomic E-state index is 9.89. The van der Waals surface area contributed by atoms with Crippen LogP contribution < -0.4 is 0 Å². The van der Waals surface area contributed by atoms with Gasteiger partial charge in [-0.25, -0.2) is 0 Å². The molecule has 0 unspecified atom stereocenters. The summed E-state index contributed by atoms with van der Waals surface area (Å²) in [6, 6.07) is 10.1. The highest BCUT2D eigenvalue weighted by atomic mass is 16.3. The van der Waals surface area contributed by atoms with Crippen molar-refractivity contribution in [1.29, 1.82) is 0 Å².